The van der Waals surface area contributed by atoms with Crippen LogP contribution in [0.15, 0.2) is 0 Å². The number of ether oxygens (including phenoxy) is 2. The molecule has 5 nitrogen and oxygen atoms in total. The number of nitrogens with one attached hydrogen (secondary N) is 1. The molecule has 0 aromatic heterocycles. The van der Waals surface area contributed by atoms with Gasteiger partial charge in [0, 0.05) is 32.8 Å². The largest absolute Gasteiger partial charge is 0.352 e. The molecule has 1 aliphatic heterocycles. The molecule has 0 aromatic carbocycles. The van der Waals surface area contributed by atoms with Crippen molar-refractivity contribution in [3.63, 3.8) is 0 Å². The third-order valence-electron chi connectivity index (χ3n) is 3.33. The first-order chi connectivity index (χ1) is 9.19. The Balaban J connectivity index is 2.31. The molecule has 0 radical (unpaired) electrons. The van der Waals surface area contributed by atoms with Gasteiger partial charge in [-0.25, -0.2) is 0 Å². The van der Waals surface area contributed by atoms with Crippen molar-refractivity contribution in [2.24, 2.45) is 0 Å². The maximum atomic E-state index is 12.2. The molecule has 1 saturated heterocycles. The summed E-state index contributed by atoms with van der Waals surface area (Å²) in [5.74, 6) is 0.187. The van der Waals surface area contributed by atoms with E-state index >= 15 is 0 Å². The lowest BCUT2D eigenvalue weighted by molar-refractivity contribution is -0.140. The summed E-state index contributed by atoms with van der Waals surface area (Å²) in [5, 5.41) is 3.21. The summed E-state index contributed by atoms with van der Waals surface area (Å²) in [4.78, 5) is 14.2. The van der Waals surface area contributed by atoms with E-state index in [9.17, 15) is 4.79 Å². The standard InChI is InChI=1S/C14H28N2O3/c1-4-18-13(19-5-2)11-15-12(3)14(17)16-9-7-6-8-10-16/h12-13,15H,4-11H2,1-3H3. The second kappa shape index (κ2) is 9.28. The van der Waals surface area contributed by atoms with E-state index in [1.54, 1.807) is 0 Å². The second-order valence-electron chi connectivity index (χ2n) is 4.86. The smallest absolute Gasteiger partial charge is 0.239 e. The SMILES string of the molecule is CCOC(CNC(C)C(=O)N1CCCCC1)OCC. The molecular weight excluding hydrogens is 244 g/mol. The molecule has 1 N–H and O–H groups in total. The maximum Gasteiger partial charge on any atom is 0.239 e. The number of amides is 1. The lowest BCUT2D eigenvalue weighted by atomic mass is 10.1. The Labute approximate surface area is 116 Å². The highest BCUT2D eigenvalue weighted by Gasteiger charge is 2.22. The summed E-state index contributed by atoms with van der Waals surface area (Å²) >= 11 is 0. The normalized spacial score (nSPS) is 17.8. The van der Waals surface area contributed by atoms with Crippen LogP contribution >= 0.6 is 0 Å². The second-order valence-corrected chi connectivity index (χ2v) is 4.86. The van der Waals surface area contributed by atoms with E-state index in [1.165, 1.54) is 6.42 Å². The van der Waals surface area contributed by atoms with Crippen molar-refractivity contribution in [2.75, 3.05) is 32.8 Å². The Hall–Kier alpha value is -0.650. The third-order valence-corrected chi connectivity index (χ3v) is 3.33. The molecule has 0 bridgehead atoms. The lowest BCUT2D eigenvalue weighted by Crippen LogP contribution is -2.48. The Morgan fingerprint density at radius 2 is 1.74 bits per heavy atom. The quantitative estimate of drug-likeness (QED) is 0.678. The zero-order chi connectivity index (χ0) is 14.1. The van der Waals surface area contributed by atoms with Crippen molar-refractivity contribution >= 4 is 5.91 Å². The Morgan fingerprint density at radius 3 is 2.26 bits per heavy atom. The van der Waals surface area contributed by atoms with Crippen molar-refractivity contribution in [2.45, 2.75) is 52.4 Å². The Morgan fingerprint density at radius 1 is 1.16 bits per heavy atom. The van der Waals surface area contributed by atoms with E-state index < -0.39 is 0 Å². The summed E-state index contributed by atoms with van der Waals surface area (Å²) in [5.41, 5.74) is 0. The van der Waals surface area contributed by atoms with E-state index in [-0.39, 0.29) is 18.2 Å². The van der Waals surface area contributed by atoms with Crippen LogP contribution in [0.5, 0.6) is 0 Å². The topological polar surface area (TPSA) is 50.8 Å². The Bertz CT molecular complexity index is 249. The average molecular weight is 272 g/mol. The number of piperidine rings is 1. The molecule has 0 spiro atoms. The van der Waals surface area contributed by atoms with E-state index in [0.29, 0.717) is 19.8 Å². The summed E-state index contributed by atoms with van der Waals surface area (Å²) in [6, 6.07) is -0.179. The molecule has 0 aromatic rings. The molecule has 1 atom stereocenters. The highest BCUT2D eigenvalue weighted by atomic mass is 16.7. The van der Waals surface area contributed by atoms with Crippen LogP contribution < -0.4 is 5.32 Å². The molecule has 1 fully saturated rings. The van der Waals surface area contributed by atoms with Gasteiger partial charge in [-0.1, -0.05) is 0 Å². The van der Waals surface area contributed by atoms with Gasteiger partial charge in [-0.2, -0.15) is 0 Å². The van der Waals surface area contributed by atoms with Gasteiger partial charge in [0.05, 0.1) is 6.04 Å². The summed E-state index contributed by atoms with van der Waals surface area (Å²) in [6.45, 7) is 9.34. The predicted octanol–water partition coefficient (Wildman–Crippen LogP) is 1.38. The highest BCUT2D eigenvalue weighted by Crippen LogP contribution is 2.10. The zero-order valence-electron chi connectivity index (χ0n) is 12.5. The number of hydrogen-bond donors (Lipinski definition) is 1. The number of nitrogens with zero attached hydrogens (tertiary/aromatic N) is 1. The predicted molar refractivity (Wildman–Crippen MR) is 74.9 cm³/mol. The molecule has 1 unspecified atom stereocenters. The fourth-order valence-corrected chi connectivity index (χ4v) is 2.29. The van der Waals surface area contributed by atoms with Crippen LogP contribution in [0.4, 0.5) is 0 Å². The minimum absolute atomic E-state index is 0.179. The van der Waals surface area contributed by atoms with Crippen molar-refractivity contribution in [3.05, 3.63) is 0 Å². The van der Waals surface area contributed by atoms with E-state index in [2.05, 4.69) is 5.32 Å². The van der Waals surface area contributed by atoms with Crippen molar-refractivity contribution < 1.29 is 14.3 Å². The molecule has 1 aliphatic rings. The van der Waals surface area contributed by atoms with Crippen LogP contribution in [0.25, 0.3) is 0 Å². The van der Waals surface area contributed by atoms with Crippen molar-refractivity contribution in [1.29, 1.82) is 0 Å². The number of carbonyl (C=O) groups excluding carboxylic acids is 1. The van der Waals surface area contributed by atoms with Crippen molar-refractivity contribution in [1.82, 2.24) is 10.2 Å². The van der Waals surface area contributed by atoms with Gasteiger partial charge in [0.2, 0.25) is 5.91 Å². The molecule has 1 heterocycles. The molecule has 1 rings (SSSR count). The first-order valence-electron chi connectivity index (χ1n) is 7.44. The van der Waals surface area contributed by atoms with Crippen LogP contribution in [-0.4, -0.2) is 56.0 Å². The molecule has 1 amide bonds. The fraction of sp³-hybridized carbons (Fsp3) is 0.929. The Kier molecular flexibility index (Phi) is 8.02. The number of rotatable bonds is 8. The van der Waals surface area contributed by atoms with Crippen LogP contribution in [0.3, 0.4) is 0 Å². The van der Waals surface area contributed by atoms with Gasteiger partial charge in [-0.15, -0.1) is 0 Å². The van der Waals surface area contributed by atoms with Gasteiger partial charge < -0.3 is 19.7 Å². The number of carbonyl (C=O) groups is 1. The van der Waals surface area contributed by atoms with Crippen molar-refractivity contribution in [3.8, 4) is 0 Å². The number of hydrogen-bond acceptors (Lipinski definition) is 4. The van der Waals surface area contributed by atoms with E-state index in [4.69, 9.17) is 9.47 Å². The summed E-state index contributed by atoms with van der Waals surface area (Å²) in [7, 11) is 0. The fourth-order valence-electron chi connectivity index (χ4n) is 2.29. The molecule has 112 valence electrons. The van der Waals surface area contributed by atoms with E-state index in [0.717, 1.165) is 25.9 Å². The zero-order valence-corrected chi connectivity index (χ0v) is 12.5. The molecule has 0 aliphatic carbocycles. The average Bonchev–Trinajstić information content (AvgIpc) is 2.45. The van der Waals surface area contributed by atoms with Gasteiger partial charge in [-0.05, 0) is 40.0 Å². The highest BCUT2D eigenvalue weighted by molar-refractivity contribution is 5.81. The van der Waals surface area contributed by atoms with Gasteiger partial charge in [0.1, 0.15) is 0 Å². The summed E-state index contributed by atoms with van der Waals surface area (Å²) < 4.78 is 10.9. The minimum Gasteiger partial charge on any atom is -0.352 e. The van der Waals surface area contributed by atoms with Crippen LogP contribution in [0, 0.1) is 0 Å². The first-order valence-corrected chi connectivity index (χ1v) is 7.44. The summed E-state index contributed by atoms with van der Waals surface area (Å²) in [6.07, 6.45) is 3.21. The lowest BCUT2D eigenvalue weighted by Gasteiger charge is -2.30. The maximum absolute atomic E-state index is 12.2. The van der Waals surface area contributed by atoms with Gasteiger partial charge in [0.15, 0.2) is 6.29 Å². The van der Waals surface area contributed by atoms with Gasteiger partial charge >= 0.3 is 0 Å². The third kappa shape index (κ3) is 5.89. The minimum atomic E-state index is -0.272. The number of likely N-dealkylation sites (tertiary alicyclic amines) is 1. The van der Waals surface area contributed by atoms with Crippen LogP contribution in [0.1, 0.15) is 40.0 Å². The van der Waals surface area contributed by atoms with E-state index in [1.807, 2.05) is 25.7 Å². The molecule has 5 heteroatoms. The van der Waals surface area contributed by atoms with Crippen LogP contribution in [-0.2, 0) is 14.3 Å². The molecule has 19 heavy (non-hydrogen) atoms. The molecular formula is C14H28N2O3. The monoisotopic (exact) mass is 272 g/mol. The van der Waals surface area contributed by atoms with Gasteiger partial charge in [-0.3, -0.25) is 4.79 Å². The van der Waals surface area contributed by atoms with Crippen LogP contribution in [0.2, 0.25) is 0 Å². The first kappa shape index (κ1) is 16.4. The molecule has 0 saturated carbocycles. The van der Waals surface area contributed by atoms with Gasteiger partial charge in [0.25, 0.3) is 0 Å².